The highest BCUT2D eigenvalue weighted by atomic mass is 35.5. The maximum Gasteiger partial charge on any atom is 0.226 e. The molecule has 124 valence electrons. The molecule has 4 rings (SSSR count). The summed E-state index contributed by atoms with van der Waals surface area (Å²) >= 11 is 6.03. The van der Waals surface area contributed by atoms with Crippen LogP contribution in [0.3, 0.4) is 0 Å². The fraction of sp³-hybridized carbons (Fsp3) is 0.333. The Morgan fingerprint density at radius 2 is 2.25 bits per heavy atom. The summed E-state index contributed by atoms with van der Waals surface area (Å²) in [5.74, 6) is 1.53. The maximum atomic E-state index is 6.03. The second-order valence-electron chi connectivity index (χ2n) is 6.15. The zero-order valence-electron chi connectivity index (χ0n) is 13.4. The number of halogens is 1. The quantitative estimate of drug-likeness (QED) is 0.691. The van der Waals surface area contributed by atoms with Crippen LogP contribution in [0.1, 0.15) is 36.0 Å². The molecule has 24 heavy (non-hydrogen) atoms. The van der Waals surface area contributed by atoms with Gasteiger partial charge in [-0.15, -0.1) is 0 Å². The Balaban J connectivity index is 1.51. The van der Waals surface area contributed by atoms with E-state index in [-0.39, 0.29) is 6.04 Å². The van der Waals surface area contributed by atoms with Gasteiger partial charge in [0.05, 0.1) is 17.4 Å². The summed E-state index contributed by atoms with van der Waals surface area (Å²) in [6.07, 6.45) is 3.94. The average molecular weight is 344 g/mol. The van der Waals surface area contributed by atoms with Gasteiger partial charge in [0.25, 0.3) is 0 Å². The number of aromatic nitrogens is 2. The first kappa shape index (κ1) is 15.4. The molecule has 0 bridgehead atoms. The van der Waals surface area contributed by atoms with Gasteiger partial charge >= 0.3 is 0 Å². The third-order valence-electron chi connectivity index (χ3n) is 4.33. The van der Waals surface area contributed by atoms with Gasteiger partial charge in [-0.1, -0.05) is 22.8 Å². The molecule has 0 amide bonds. The van der Waals surface area contributed by atoms with E-state index in [9.17, 15) is 0 Å². The highest BCUT2D eigenvalue weighted by Crippen LogP contribution is 2.33. The summed E-state index contributed by atoms with van der Waals surface area (Å²) in [5, 5.41) is 4.68. The molecule has 6 heteroatoms. The van der Waals surface area contributed by atoms with E-state index in [0.717, 1.165) is 48.6 Å². The molecule has 3 aromatic rings. The van der Waals surface area contributed by atoms with Crippen molar-refractivity contribution in [3.63, 3.8) is 0 Å². The molecule has 1 aromatic carbocycles. The van der Waals surface area contributed by atoms with Crippen molar-refractivity contribution < 1.29 is 8.94 Å². The minimum absolute atomic E-state index is 0.262. The van der Waals surface area contributed by atoms with E-state index in [4.69, 9.17) is 20.5 Å². The van der Waals surface area contributed by atoms with Crippen molar-refractivity contribution in [3.8, 4) is 11.5 Å². The Morgan fingerprint density at radius 1 is 1.33 bits per heavy atom. The Kier molecular flexibility index (Phi) is 4.12. The lowest BCUT2D eigenvalue weighted by Gasteiger charge is -2.20. The van der Waals surface area contributed by atoms with Gasteiger partial charge in [-0.3, -0.25) is 4.90 Å². The molecule has 0 spiro atoms. The van der Waals surface area contributed by atoms with E-state index >= 15 is 0 Å². The number of hydrogen-bond donors (Lipinski definition) is 0. The molecule has 0 radical (unpaired) electrons. The summed E-state index contributed by atoms with van der Waals surface area (Å²) in [6, 6.07) is 9.80. The third-order valence-corrected chi connectivity index (χ3v) is 4.56. The van der Waals surface area contributed by atoms with Gasteiger partial charge in [-0.2, -0.15) is 0 Å². The van der Waals surface area contributed by atoms with Crippen LogP contribution in [-0.2, 0) is 6.54 Å². The van der Waals surface area contributed by atoms with Crippen molar-refractivity contribution in [1.82, 2.24) is 15.0 Å². The van der Waals surface area contributed by atoms with Gasteiger partial charge in [-0.25, -0.2) is 4.98 Å². The Bertz CT molecular complexity index is 842. The summed E-state index contributed by atoms with van der Waals surface area (Å²) in [5.41, 5.74) is 2.72. The van der Waals surface area contributed by atoms with Crippen LogP contribution < -0.4 is 0 Å². The van der Waals surface area contributed by atoms with E-state index < -0.39 is 0 Å². The van der Waals surface area contributed by atoms with E-state index in [2.05, 4.69) is 15.0 Å². The average Bonchev–Trinajstić information content (AvgIpc) is 3.28. The van der Waals surface area contributed by atoms with Gasteiger partial charge in [-0.05, 0) is 44.5 Å². The molecule has 3 heterocycles. The van der Waals surface area contributed by atoms with Crippen molar-refractivity contribution in [2.75, 3.05) is 6.54 Å². The number of hydrogen-bond acceptors (Lipinski definition) is 5. The molecule has 1 aliphatic heterocycles. The predicted octanol–water partition coefficient (Wildman–Crippen LogP) is 4.63. The van der Waals surface area contributed by atoms with E-state index in [1.165, 1.54) is 0 Å². The Labute approximate surface area is 145 Å². The highest BCUT2D eigenvalue weighted by molar-refractivity contribution is 6.30. The second-order valence-corrected chi connectivity index (χ2v) is 6.59. The van der Waals surface area contributed by atoms with Gasteiger partial charge in [0.2, 0.25) is 5.89 Å². The molecule has 5 nitrogen and oxygen atoms in total. The first-order valence-corrected chi connectivity index (χ1v) is 8.44. The Morgan fingerprint density at radius 3 is 3.04 bits per heavy atom. The normalized spacial score (nSPS) is 18.3. The number of aryl methyl sites for hydroxylation is 1. The molecule has 2 aromatic heterocycles. The molecule has 1 fully saturated rings. The molecule has 0 saturated carbocycles. The SMILES string of the molecule is Cc1cc([C@@H]2CCCN2Cc2coc(-c3cccc(Cl)c3)n2)on1. The van der Waals surface area contributed by atoms with Crippen molar-refractivity contribution in [2.45, 2.75) is 32.4 Å². The third kappa shape index (κ3) is 3.09. The summed E-state index contributed by atoms with van der Waals surface area (Å²) < 4.78 is 11.1. The molecule has 1 aliphatic rings. The van der Waals surface area contributed by atoms with Crippen LogP contribution >= 0.6 is 11.6 Å². The number of nitrogens with zero attached hydrogens (tertiary/aromatic N) is 3. The largest absolute Gasteiger partial charge is 0.444 e. The zero-order chi connectivity index (χ0) is 16.5. The number of likely N-dealkylation sites (tertiary alicyclic amines) is 1. The number of rotatable bonds is 4. The monoisotopic (exact) mass is 343 g/mol. The molecular weight excluding hydrogens is 326 g/mol. The fourth-order valence-corrected chi connectivity index (χ4v) is 3.41. The van der Waals surface area contributed by atoms with Gasteiger partial charge < -0.3 is 8.94 Å². The lowest BCUT2D eigenvalue weighted by molar-refractivity contribution is 0.204. The van der Waals surface area contributed by atoms with Crippen LogP contribution in [0.2, 0.25) is 5.02 Å². The van der Waals surface area contributed by atoms with Crippen molar-refractivity contribution in [1.29, 1.82) is 0 Å². The zero-order valence-corrected chi connectivity index (χ0v) is 14.2. The molecule has 1 atom stereocenters. The van der Waals surface area contributed by atoms with Gasteiger partial charge in [0.1, 0.15) is 6.26 Å². The van der Waals surface area contributed by atoms with Crippen LogP contribution in [0.5, 0.6) is 0 Å². The standard InChI is InChI=1S/C18H18ClN3O2/c1-12-8-17(24-21-12)16-6-3-7-22(16)10-15-11-23-18(20-15)13-4-2-5-14(19)9-13/h2,4-5,8-9,11,16H,3,6-7,10H2,1H3/t16-/m0/s1. The first-order chi connectivity index (χ1) is 11.7. The van der Waals surface area contributed by atoms with Crippen LogP contribution in [-0.4, -0.2) is 21.6 Å². The summed E-state index contributed by atoms with van der Waals surface area (Å²) in [6.45, 7) is 3.69. The lowest BCUT2D eigenvalue weighted by atomic mass is 10.1. The van der Waals surface area contributed by atoms with Crippen LogP contribution in [0.4, 0.5) is 0 Å². The van der Waals surface area contributed by atoms with Gasteiger partial charge in [0.15, 0.2) is 5.76 Å². The molecule has 1 saturated heterocycles. The minimum atomic E-state index is 0.262. The minimum Gasteiger partial charge on any atom is -0.444 e. The van der Waals surface area contributed by atoms with Crippen LogP contribution in [0.15, 0.2) is 45.5 Å². The van der Waals surface area contributed by atoms with E-state index in [0.29, 0.717) is 10.9 Å². The number of oxazole rings is 1. The van der Waals surface area contributed by atoms with Crippen LogP contribution in [0, 0.1) is 6.92 Å². The maximum absolute atomic E-state index is 6.03. The summed E-state index contributed by atoms with van der Waals surface area (Å²) in [7, 11) is 0. The lowest BCUT2D eigenvalue weighted by Crippen LogP contribution is -2.22. The van der Waals surface area contributed by atoms with Crippen LogP contribution in [0.25, 0.3) is 11.5 Å². The molecule has 0 aliphatic carbocycles. The molecular formula is C18H18ClN3O2. The smallest absolute Gasteiger partial charge is 0.226 e. The molecule has 0 unspecified atom stereocenters. The highest BCUT2D eigenvalue weighted by Gasteiger charge is 2.29. The van der Waals surface area contributed by atoms with Gasteiger partial charge in [0, 0.05) is 23.2 Å². The van der Waals surface area contributed by atoms with E-state index in [1.807, 2.05) is 37.3 Å². The number of benzene rings is 1. The summed E-state index contributed by atoms with van der Waals surface area (Å²) in [4.78, 5) is 6.97. The predicted molar refractivity (Wildman–Crippen MR) is 90.6 cm³/mol. The van der Waals surface area contributed by atoms with Crippen molar-refractivity contribution in [3.05, 3.63) is 58.8 Å². The van der Waals surface area contributed by atoms with Crippen molar-refractivity contribution >= 4 is 11.6 Å². The topological polar surface area (TPSA) is 55.3 Å². The van der Waals surface area contributed by atoms with Crippen molar-refractivity contribution in [2.24, 2.45) is 0 Å². The van der Waals surface area contributed by atoms with E-state index in [1.54, 1.807) is 6.26 Å². The fourth-order valence-electron chi connectivity index (χ4n) is 3.22. The molecule has 0 N–H and O–H groups in total. The Hall–Kier alpha value is -2.11. The first-order valence-electron chi connectivity index (χ1n) is 8.06. The second kappa shape index (κ2) is 6.42.